The molecule has 0 saturated heterocycles. The van der Waals surface area contributed by atoms with E-state index in [0.29, 0.717) is 6.54 Å². The maximum Gasteiger partial charge on any atom is 0.231 e. The van der Waals surface area contributed by atoms with E-state index in [4.69, 9.17) is 4.42 Å². The van der Waals surface area contributed by atoms with Crippen LogP contribution in [-0.4, -0.2) is 61.7 Å². The first-order valence-corrected chi connectivity index (χ1v) is 9.50. The Balaban J connectivity index is 1.81. The fourth-order valence-electron chi connectivity index (χ4n) is 3.10. The van der Waals surface area contributed by atoms with Crippen LogP contribution in [-0.2, 0) is 0 Å². The summed E-state index contributed by atoms with van der Waals surface area (Å²) in [6, 6.07) is 7.76. The summed E-state index contributed by atoms with van der Waals surface area (Å²) in [6.07, 6.45) is 1.29. The molecule has 28 heavy (non-hydrogen) atoms. The monoisotopic (exact) mass is 382 g/mol. The van der Waals surface area contributed by atoms with Crippen LogP contribution in [0.15, 0.2) is 40.5 Å². The average Bonchev–Trinajstić information content (AvgIpc) is 3.13. The summed E-state index contributed by atoms with van der Waals surface area (Å²) in [4.78, 5) is 33.6. The Kier molecular flexibility index (Phi) is 5.94. The molecule has 1 aliphatic carbocycles. The molecular formula is C21H26N4O3. The first-order valence-electron chi connectivity index (χ1n) is 9.50. The molecule has 1 aromatic carbocycles. The standard InChI is InChI=1S/C21H26N4O3/c1-5-25(6-2)15-9-7-14(8-10-15)21-23-18-19(27)16(22-11-12-24(3)4)13-17(26)20(18)28-21/h7-10,13,22H,5-6,11-12H2,1-4H3. The molecule has 0 spiro atoms. The highest BCUT2D eigenvalue weighted by molar-refractivity contribution is 6.22. The third kappa shape index (κ3) is 3.99. The SMILES string of the molecule is CCN(CC)c1ccc(-c2nc3c(o2)C(=O)C=C(NCCN(C)C)C3=O)cc1. The zero-order chi connectivity index (χ0) is 20.3. The minimum Gasteiger partial charge on any atom is -0.432 e. The summed E-state index contributed by atoms with van der Waals surface area (Å²) in [5.74, 6) is -0.379. The molecule has 2 aromatic rings. The third-order valence-electron chi connectivity index (χ3n) is 4.70. The van der Waals surface area contributed by atoms with E-state index >= 15 is 0 Å². The lowest BCUT2D eigenvalue weighted by molar-refractivity contribution is 0.0960. The summed E-state index contributed by atoms with van der Waals surface area (Å²) >= 11 is 0. The van der Waals surface area contributed by atoms with Gasteiger partial charge in [0.25, 0.3) is 0 Å². The Morgan fingerprint density at radius 1 is 1.07 bits per heavy atom. The van der Waals surface area contributed by atoms with Crippen molar-refractivity contribution in [2.75, 3.05) is 45.2 Å². The number of nitrogens with one attached hydrogen (secondary N) is 1. The molecule has 0 radical (unpaired) electrons. The quantitative estimate of drug-likeness (QED) is 0.752. The van der Waals surface area contributed by atoms with Gasteiger partial charge in [-0.1, -0.05) is 0 Å². The maximum absolute atomic E-state index is 12.7. The zero-order valence-corrected chi connectivity index (χ0v) is 16.8. The lowest BCUT2D eigenvalue weighted by Gasteiger charge is -2.20. The Morgan fingerprint density at radius 3 is 2.36 bits per heavy atom. The topological polar surface area (TPSA) is 78.7 Å². The van der Waals surface area contributed by atoms with Crippen molar-refractivity contribution in [3.63, 3.8) is 0 Å². The summed E-state index contributed by atoms with van der Waals surface area (Å²) < 4.78 is 5.64. The fourth-order valence-corrected chi connectivity index (χ4v) is 3.10. The van der Waals surface area contributed by atoms with E-state index < -0.39 is 0 Å². The van der Waals surface area contributed by atoms with Crippen molar-refractivity contribution in [2.45, 2.75) is 13.8 Å². The Bertz CT molecular complexity index is 893. The molecule has 0 aliphatic heterocycles. The second-order valence-electron chi connectivity index (χ2n) is 6.90. The lowest BCUT2D eigenvalue weighted by atomic mass is 10.0. The van der Waals surface area contributed by atoms with E-state index in [1.54, 1.807) is 0 Å². The number of aromatic nitrogens is 1. The van der Waals surface area contributed by atoms with Crippen molar-refractivity contribution in [3.8, 4) is 11.5 Å². The summed E-state index contributed by atoms with van der Waals surface area (Å²) in [5, 5.41) is 3.02. The van der Waals surface area contributed by atoms with Crippen molar-refractivity contribution in [2.24, 2.45) is 0 Å². The Morgan fingerprint density at radius 2 is 1.75 bits per heavy atom. The second-order valence-corrected chi connectivity index (χ2v) is 6.90. The summed E-state index contributed by atoms with van der Waals surface area (Å²) in [5.41, 5.74) is 2.16. The number of rotatable bonds is 8. The molecule has 0 atom stereocenters. The predicted molar refractivity (Wildman–Crippen MR) is 109 cm³/mol. The van der Waals surface area contributed by atoms with Gasteiger partial charge in [0.05, 0.1) is 5.70 Å². The van der Waals surface area contributed by atoms with Gasteiger partial charge in [0, 0.05) is 43.5 Å². The van der Waals surface area contributed by atoms with Gasteiger partial charge in [-0.3, -0.25) is 9.59 Å². The van der Waals surface area contributed by atoms with E-state index in [-0.39, 0.29) is 34.6 Å². The third-order valence-corrected chi connectivity index (χ3v) is 4.70. The summed E-state index contributed by atoms with van der Waals surface area (Å²) in [7, 11) is 3.88. The largest absolute Gasteiger partial charge is 0.432 e. The average molecular weight is 382 g/mol. The Labute approximate surface area is 165 Å². The van der Waals surface area contributed by atoms with Gasteiger partial charge < -0.3 is 19.5 Å². The van der Waals surface area contributed by atoms with Gasteiger partial charge in [0.1, 0.15) is 0 Å². The molecule has 3 rings (SSSR count). The van der Waals surface area contributed by atoms with E-state index in [9.17, 15) is 9.59 Å². The number of likely N-dealkylation sites (N-methyl/N-ethyl adjacent to an activating group) is 1. The van der Waals surface area contributed by atoms with E-state index in [2.05, 4.69) is 29.0 Å². The van der Waals surface area contributed by atoms with Crippen LogP contribution in [0.4, 0.5) is 5.69 Å². The predicted octanol–water partition coefficient (Wildman–Crippen LogP) is 2.60. The molecule has 1 heterocycles. The second kappa shape index (κ2) is 8.39. The van der Waals surface area contributed by atoms with Gasteiger partial charge in [-0.05, 0) is 52.2 Å². The molecule has 7 heteroatoms. The van der Waals surface area contributed by atoms with Gasteiger partial charge in [0.2, 0.25) is 23.2 Å². The van der Waals surface area contributed by atoms with Crippen LogP contribution in [0.3, 0.4) is 0 Å². The first kappa shape index (κ1) is 19.8. The number of carbonyl (C=O) groups excluding carboxylic acids is 2. The molecule has 7 nitrogen and oxygen atoms in total. The number of anilines is 1. The van der Waals surface area contributed by atoms with Crippen LogP contribution in [0.5, 0.6) is 0 Å². The van der Waals surface area contributed by atoms with Crippen LogP contribution in [0.1, 0.15) is 34.9 Å². The molecule has 0 unspecified atom stereocenters. The highest BCUT2D eigenvalue weighted by atomic mass is 16.4. The molecular weight excluding hydrogens is 356 g/mol. The highest BCUT2D eigenvalue weighted by Crippen LogP contribution is 2.28. The molecule has 0 saturated carbocycles. The minimum absolute atomic E-state index is 0.00554. The van der Waals surface area contributed by atoms with E-state index in [1.807, 2.05) is 43.3 Å². The number of fused-ring (bicyclic) bond motifs is 1. The number of hydrogen-bond acceptors (Lipinski definition) is 7. The number of nitrogens with zero attached hydrogens (tertiary/aromatic N) is 3. The molecule has 0 amide bonds. The number of Topliss-reactive ketones (excluding diaryl/α,β-unsaturated/α-hetero) is 1. The van der Waals surface area contributed by atoms with Crippen LogP contribution in [0, 0.1) is 0 Å². The molecule has 0 bridgehead atoms. The molecule has 1 aliphatic rings. The first-order chi connectivity index (χ1) is 13.4. The van der Waals surface area contributed by atoms with Crippen molar-refractivity contribution >= 4 is 17.3 Å². The number of allylic oxidation sites excluding steroid dienone is 2. The van der Waals surface area contributed by atoms with E-state index in [0.717, 1.165) is 30.9 Å². The number of hydrogen-bond donors (Lipinski definition) is 1. The maximum atomic E-state index is 12.7. The van der Waals surface area contributed by atoms with Crippen LogP contribution in [0.2, 0.25) is 0 Å². The number of benzene rings is 1. The Hall–Kier alpha value is -2.93. The van der Waals surface area contributed by atoms with Gasteiger partial charge in [-0.15, -0.1) is 0 Å². The zero-order valence-electron chi connectivity index (χ0n) is 16.8. The van der Waals surface area contributed by atoms with Gasteiger partial charge >= 0.3 is 0 Å². The van der Waals surface area contributed by atoms with Crippen LogP contribution >= 0.6 is 0 Å². The highest BCUT2D eigenvalue weighted by Gasteiger charge is 2.32. The number of oxazole rings is 1. The van der Waals surface area contributed by atoms with Crippen molar-refractivity contribution < 1.29 is 14.0 Å². The van der Waals surface area contributed by atoms with Gasteiger partial charge in [-0.25, -0.2) is 4.98 Å². The van der Waals surface area contributed by atoms with Gasteiger partial charge in [-0.2, -0.15) is 0 Å². The lowest BCUT2D eigenvalue weighted by Crippen LogP contribution is -2.31. The minimum atomic E-state index is -0.347. The van der Waals surface area contributed by atoms with Gasteiger partial charge in [0.15, 0.2) is 5.69 Å². The fraction of sp³-hybridized carbons (Fsp3) is 0.381. The summed E-state index contributed by atoms with van der Waals surface area (Å²) in [6.45, 7) is 7.35. The van der Waals surface area contributed by atoms with Crippen molar-refractivity contribution in [3.05, 3.63) is 47.5 Å². The van der Waals surface area contributed by atoms with Crippen molar-refractivity contribution in [1.82, 2.24) is 15.2 Å². The van der Waals surface area contributed by atoms with Crippen molar-refractivity contribution in [1.29, 1.82) is 0 Å². The van der Waals surface area contributed by atoms with E-state index in [1.165, 1.54) is 6.08 Å². The molecule has 148 valence electrons. The molecule has 1 aromatic heterocycles. The van der Waals surface area contributed by atoms with Crippen LogP contribution < -0.4 is 10.2 Å². The number of ketones is 2. The number of carbonyl (C=O) groups is 2. The smallest absolute Gasteiger partial charge is 0.231 e. The normalized spacial score (nSPS) is 13.5. The molecule has 1 N–H and O–H groups in total. The van der Waals surface area contributed by atoms with Crippen LogP contribution in [0.25, 0.3) is 11.5 Å². The molecule has 0 fully saturated rings.